The average Bonchev–Trinajstić information content (AvgIpc) is 2.52. The molecule has 2 aromatic rings. The van der Waals surface area contributed by atoms with E-state index in [-0.39, 0.29) is 5.75 Å². The molecule has 21 heavy (non-hydrogen) atoms. The van der Waals surface area contributed by atoms with Gasteiger partial charge in [-0.3, -0.25) is 0 Å². The molecule has 0 aliphatic carbocycles. The van der Waals surface area contributed by atoms with Gasteiger partial charge in [-0.15, -0.1) is 0 Å². The summed E-state index contributed by atoms with van der Waals surface area (Å²) in [6.07, 6.45) is 2.54. The van der Waals surface area contributed by atoms with E-state index in [2.05, 4.69) is 6.92 Å². The molecule has 112 valence electrons. The average molecular weight is 288 g/mol. The molecule has 3 heteroatoms. The molecule has 0 heterocycles. The van der Waals surface area contributed by atoms with Crippen LogP contribution in [-0.2, 0) is 6.42 Å². The van der Waals surface area contributed by atoms with Crippen LogP contribution in [0, 0.1) is 5.82 Å². The van der Waals surface area contributed by atoms with Crippen molar-refractivity contribution in [2.45, 2.75) is 32.3 Å². The highest BCUT2D eigenvalue weighted by Gasteiger charge is 2.13. The number of hydrogen-bond donors (Lipinski definition) is 1. The molecule has 2 nitrogen and oxygen atoms in total. The number of aliphatic hydroxyl groups excluding tert-OH is 1. The molecule has 0 saturated carbocycles. The van der Waals surface area contributed by atoms with Crippen LogP contribution in [0.2, 0.25) is 0 Å². The lowest BCUT2D eigenvalue weighted by atomic mass is 9.99. The second kappa shape index (κ2) is 7.23. The highest BCUT2D eigenvalue weighted by Crippen LogP contribution is 2.26. The van der Waals surface area contributed by atoms with Crippen molar-refractivity contribution in [2.24, 2.45) is 0 Å². The number of halogens is 1. The van der Waals surface area contributed by atoms with Gasteiger partial charge in [-0.05, 0) is 41.7 Å². The molecular weight excluding hydrogens is 267 g/mol. The van der Waals surface area contributed by atoms with Crippen LogP contribution in [0.1, 0.15) is 42.6 Å². The van der Waals surface area contributed by atoms with Gasteiger partial charge in [0.2, 0.25) is 0 Å². The Morgan fingerprint density at radius 2 is 1.76 bits per heavy atom. The van der Waals surface area contributed by atoms with E-state index < -0.39 is 11.9 Å². The van der Waals surface area contributed by atoms with Crippen LogP contribution in [-0.4, -0.2) is 12.2 Å². The Labute approximate surface area is 125 Å². The summed E-state index contributed by atoms with van der Waals surface area (Å²) in [4.78, 5) is 0. The van der Waals surface area contributed by atoms with Crippen molar-refractivity contribution in [3.8, 4) is 5.75 Å². The van der Waals surface area contributed by atoms with Crippen molar-refractivity contribution in [1.29, 1.82) is 0 Å². The SMILES string of the molecule is CCCCc1ccc(C(O)c2ccc(OC)c(F)c2)cc1. The van der Waals surface area contributed by atoms with Gasteiger partial charge in [0.05, 0.1) is 7.11 Å². The predicted molar refractivity (Wildman–Crippen MR) is 82.1 cm³/mol. The Balaban J connectivity index is 2.15. The van der Waals surface area contributed by atoms with Crippen molar-refractivity contribution in [3.63, 3.8) is 0 Å². The van der Waals surface area contributed by atoms with E-state index in [1.54, 1.807) is 6.07 Å². The Hall–Kier alpha value is -1.87. The quantitative estimate of drug-likeness (QED) is 0.860. The third-order valence-corrected chi connectivity index (χ3v) is 3.61. The summed E-state index contributed by atoms with van der Waals surface area (Å²) in [6, 6.07) is 12.4. The molecule has 0 aromatic heterocycles. The highest BCUT2D eigenvalue weighted by atomic mass is 19.1. The Bertz CT molecular complexity index is 578. The van der Waals surface area contributed by atoms with Gasteiger partial charge >= 0.3 is 0 Å². The van der Waals surface area contributed by atoms with Crippen LogP contribution < -0.4 is 4.74 Å². The normalized spacial score (nSPS) is 12.2. The first kappa shape index (κ1) is 15.5. The predicted octanol–water partition coefficient (Wildman–Crippen LogP) is 4.26. The molecule has 1 unspecified atom stereocenters. The first-order valence-electron chi connectivity index (χ1n) is 7.26. The van der Waals surface area contributed by atoms with Crippen LogP contribution in [0.4, 0.5) is 4.39 Å². The maximum absolute atomic E-state index is 13.7. The van der Waals surface area contributed by atoms with Gasteiger partial charge in [-0.25, -0.2) is 4.39 Å². The summed E-state index contributed by atoms with van der Waals surface area (Å²) in [7, 11) is 1.42. The van der Waals surface area contributed by atoms with Crippen LogP contribution >= 0.6 is 0 Å². The number of rotatable bonds is 6. The maximum Gasteiger partial charge on any atom is 0.165 e. The molecule has 0 saturated heterocycles. The third-order valence-electron chi connectivity index (χ3n) is 3.61. The van der Waals surface area contributed by atoms with E-state index in [4.69, 9.17) is 4.74 Å². The lowest BCUT2D eigenvalue weighted by Gasteiger charge is -2.13. The summed E-state index contributed by atoms with van der Waals surface area (Å²) in [6.45, 7) is 2.16. The minimum atomic E-state index is -0.828. The molecule has 0 amide bonds. The molecule has 2 aromatic carbocycles. The fourth-order valence-corrected chi connectivity index (χ4v) is 2.29. The molecule has 1 atom stereocenters. The molecule has 0 aliphatic heterocycles. The number of benzene rings is 2. The van der Waals surface area contributed by atoms with Gasteiger partial charge in [-0.2, -0.15) is 0 Å². The second-order valence-corrected chi connectivity index (χ2v) is 5.14. The topological polar surface area (TPSA) is 29.5 Å². The lowest BCUT2D eigenvalue weighted by molar-refractivity contribution is 0.219. The Morgan fingerprint density at radius 1 is 1.10 bits per heavy atom. The van der Waals surface area contributed by atoms with Crippen LogP contribution in [0.5, 0.6) is 5.75 Å². The lowest BCUT2D eigenvalue weighted by Crippen LogP contribution is -2.01. The van der Waals surface area contributed by atoms with Crippen LogP contribution in [0.15, 0.2) is 42.5 Å². The fraction of sp³-hybridized carbons (Fsp3) is 0.333. The minimum Gasteiger partial charge on any atom is -0.494 e. The number of aryl methyl sites for hydroxylation is 1. The van der Waals surface area contributed by atoms with E-state index in [1.165, 1.54) is 24.8 Å². The molecular formula is C18H21FO2. The number of aliphatic hydroxyl groups is 1. The van der Waals surface area contributed by atoms with Crippen molar-refractivity contribution < 1.29 is 14.2 Å². The first-order chi connectivity index (χ1) is 10.2. The number of methoxy groups -OCH3 is 1. The fourth-order valence-electron chi connectivity index (χ4n) is 2.29. The molecule has 1 N–H and O–H groups in total. The summed E-state index contributed by atoms with van der Waals surface area (Å²) in [5.74, 6) is -0.283. The Morgan fingerprint density at radius 3 is 2.33 bits per heavy atom. The van der Waals surface area contributed by atoms with Gasteiger partial charge in [0.25, 0.3) is 0 Å². The Kier molecular flexibility index (Phi) is 5.34. The van der Waals surface area contributed by atoms with Crippen molar-refractivity contribution >= 4 is 0 Å². The van der Waals surface area contributed by atoms with Crippen LogP contribution in [0.25, 0.3) is 0 Å². The molecule has 0 aliphatic rings. The zero-order valence-electron chi connectivity index (χ0n) is 12.5. The van der Waals surface area contributed by atoms with Gasteiger partial charge < -0.3 is 9.84 Å². The van der Waals surface area contributed by atoms with Crippen molar-refractivity contribution in [3.05, 3.63) is 65.0 Å². The van der Waals surface area contributed by atoms with E-state index in [0.717, 1.165) is 24.8 Å². The maximum atomic E-state index is 13.7. The summed E-state index contributed by atoms with van der Waals surface area (Å²) in [5, 5.41) is 10.3. The van der Waals surface area contributed by atoms with E-state index in [9.17, 15) is 9.50 Å². The molecule has 2 rings (SSSR count). The van der Waals surface area contributed by atoms with Crippen molar-refractivity contribution in [1.82, 2.24) is 0 Å². The minimum absolute atomic E-state index is 0.181. The van der Waals surface area contributed by atoms with Gasteiger partial charge in [0, 0.05) is 0 Å². The smallest absolute Gasteiger partial charge is 0.165 e. The van der Waals surface area contributed by atoms with Gasteiger partial charge in [0.15, 0.2) is 11.6 Å². The zero-order valence-corrected chi connectivity index (χ0v) is 12.5. The standard InChI is InChI=1S/C18H21FO2/c1-3-4-5-13-6-8-14(9-7-13)18(20)15-10-11-17(21-2)16(19)12-15/h6-12,18,20H,3-5H2,1-2H3. The number of hydrogen-bond acceptors (Lipinski definition) is 2. The van der Waals surface area contributed by atoms with Crippen LogP contribution in [0.3, 0.4) is 0 Å². The molecule has 0 radical (unpaired) electrons. The number of ether oxygens (including phenoxy) is 1. The van der Waals surface area contributed by atoms with Gasteiger partial charge in [0.1, 0.15) is 6.10 Å². The zero-order chi connectivity index (χ0) is 15.2. The highest BCUT2D eigenvalue weighted by molar-refractivity contribution is 5.36. The summed E-state index contributed by atoms with van der Waals surface area (Å²) >= 11 is 0. The first-order valence-corrected chi connectivity index (χ1v) is 7.26. The van der Waals surface area contributed by atoms with E-state index in [0.29, 0.717) is 5.56 Å². The van der Waals surface area contributed by atoms with Gasteiger partial charge in [-0.1, -0.05) is 43.7 Å². The van der Waals surface area contributed by atoms with E-state index in [1.807, 2.05) is 24.3 Å². The van der Waals surface area contributed by atoms with Crippen molar-refractivity contribution in [2.75, 3.05) is 7.11 Å². The summed E-state index contributed by atoms with van der Waals surface area (Å²) < 4.78 is 18.6. The molecule has 0 bridgehead atoms. The second-order valence-electron chi connectivity index (χ2n) is 5.14. The third kappa shape index (κ3) is 3.82. The molecule has 0 spiro atoms. The molecule has 0 fully saturated rings. The summed E-state index contributed by atoms with van der Waals surface area (Å²) in [5.41, 5.74) is 2.54. The van der Waals surface area contributed by atoms with E-state index >= 15 is 0 Å². The largest absolute Gasteiger partial charge is 0.494 e. The monoisotopic (exact) mass is 288 g/mol. The number of unbranched alkanes of at least 4 members (excludes halogenated alkanes) is 1.